The maximum atomic E-state index is 4.99. The first-order valence-electron chi connectivity index (χ1n) is 17.9. The maximum Gasteiger partial charge on any atom is 0.159 e. The van der Waals surface area contributed by atoms with Gasteiger partial charge in [-0.3, -0.25) is 4.98 Å². The largest absolute Gasteiger partial charge is 0.359 e. The van der Waals surface area contributed by atoms with Crippen LogP contribution in [0.5, 0.6) is 0 Å². The summed E-state index contributed by atoms with van der Waals surface area (Å²) in [7, 11) is 0. The Labute approximate surface area is 307 Å². The molecule has 2 unspecified atom stereocenters. The van der Waals surface area contributed by atoms with E-state index in [1.807, 2.05) is 48.8 Å². The molecule has 0 spiro atoms. The number of hydrogen-bond donors (Lipinski definition) is 2. The number of fused-ring (bicyclic) bond motifs is 6. The molecular weight excluding hydrogens is 649 g/mol. The van der Waals surface area contributed by atoms with Crippen molar-refractivity contribution in [3.05, 3.63) is 205 Å². The summed E-state index contributed by atoms with van der Waals surface area (Å²) >= 11 is 0. The first kappa shape index (κ1) is 30.7. The molecule has 252 valence electrons. The quantitative estimate of drug-likeness (QED) is 0.171. The Hall–Kier alpha value is -7.05. The molecule has 0 saturated carbocycles. The van der Waals surface area contributed by atoms with E-state index in [2.05, 4.69) is 154 Å². The number of benzene rings is 7. The van der Waals surface area contributed by atoms with Gasteiger partial charge in [-0.2, -0.15) is 0 Å². The van der Waals surface area contributed by atoms with Crippen molar-refractivity contribution in [2.45, 2.75) is 12.3 Å². The molecule has 2 atom stereocenters. The van der Waals surface area contributed by atoms with Crippen molar-refractivity contribution in [1.82, 2.24) is 10.3 Å². The van der Waals surface area contributed by atoms with Crippen molar-refractivity contribution in [2.75, 3.05) is 10.2 Å². The van der Waals surface area contributed by atoms with Gasteiger partial charge in [0.2, 0.25) is 0 Å². The number of rotatable bonds is 6. The second-order valence-electron chi connectivity index (χ2n) is 13.4. The molecule has 6 heteroatoms. The number of anilines is 3. The van der Waals surface area contributed by atoms with E-state index in [-0.39, 0.29) is 12.3 Å². The van der Waals surface area contributed by atoms with Gasteiger partial charge in [-0.05, 0) is 51.2 Å². The summed E-state index contributed by atoms with van der Waals surface area (Å²) in [5.74, 6) is 1.52. The molecule has 10 rings (SSSR count). The van der Waals surface area contributed by atoms with Gasteiger partial charge in [-0.15, -0.1) is 0 Å². The molecule has 53 heavy (non-hydrogen) atoms. The molecule has 0 aliphatic carbocycles. The van der Waals surface area contributed by atoms with Gasteiger partial charge in [0.15, 0.2) is 5.84 Å². The monoisotopic (exact) mass is 682 g/mol. The van der Waals surface area contributed by atoms with Gasteiger partial charge in [0.05, 0.1) is 11.4 Å². The zero-order valence-corrected chi connectivity index (χ0v) is 28.8. The van der Waals surface area contributed by atoms with E-state index >= 15 is 0 Å². The number of nitrogens with one attached hydrogen (secondary N) is 2. The van der Waals surface area contributed by atoms with Crippen molar-refractivity contribution >= 4 is 50.3 Å². The third kappa shape index (κ3) is 5.49. The zero-order chi connectivity index (χ0) is 35.1. The van der Waals surface area contributed by atoms with Crippen molar-refractivity contribution in [2.24, 2.45) is 9.98 Å². The highest BCUT2D eigenvalue weighted by molar-refractivity contribution is 6.22. The molecule has 6 nitrogen and oxygen atoms in total. The molecule has 0 amide bonds. The van der Waals surface area contributed by atoms with Crippen LogP contribution in [0.3, 0.4) is 0 Å². The van der Waals surface area contributed by atoms with Crippen molar-refractivity contribution < 1.29 is 0 Å². The van der Waals surface area contributed by atoms with Crippen molar-refractivity contribution in [3.8, 4) is 11.1 Å². The minimum atomic E-state index is -0.234. The standard InChI is InChI=1S/C47H34N6/c1-4-12-33(13-5-1)44-50-45(34-14-6-2-7-15-34)52-46(51-44)35-22-20-31(21-23-35)32-24-26-37(27-25-32)53-43-40-19-11-10-18-38(40)39-28-29-48-30-41(39)42(43)49-47(53)36-16-8-3-9-17-36/h1-30,44,47,49H,(H,50,51,52). The number of aliphatic imine (C=N–C) groups is 2. The molecule has 1 aromatic heterocycles. The molecule has 0 fully saturated rings. The Kier molecular flexibility index (Phi) is 7.50. The van der Waals surface area contributed by atoms with Crippen LogP contribution in [-0.4, -0.2) is 16.7 Å². The lowest BCUT2D eigenvalue weighted by Gasteiger charge is -2.28. The third-order valence-electron chi connectivity index (χ3n) is 10.2. The third-order valence-corrected chi connectivity index (χ3v) is 10.2. The smallest absolute Gasteiger partial charge is 0.159 e. The van der Waals surface area contributed by atoms with E-state index in [0.717, 1.165) is 56.2 Å². The number of pyridine rings is 1. The summed E-state index contributed by atoms with van der Waals surface area (Å²) < 4.78 is 0. The normalized spacial score (nSPS) is 16.4. The molecule has 2 aliphatic rings. The van der Waals surface area contributed by atoms with E-state index < -0.39 is 0 Å². The number of amidine groups is 2. The van der Waals surface area contributed by atoms with Gasteiger partial charge in [-0.25, -0.2) is 9.98 Å². The lowest BCUT2D eigenvalue weighted by Crippen LogP contribution is -2.33. The first-order chi connectivity index (χ1) is 26.3. The van der Waals surface area contributed by atoms with Crippen LogP contribution in [0, 0.1) is 0 Å². The Morgan fingerprint density at radius 3 is 1.77 bits per heavy atom. The Morgan fingerprint density at radius 1 is 0.472 bits per heavy atom. The molecular formula is C47H34N6. The maximum absolute atomic E-state index is 4.99. The molecule has 2 aliphatic heterocycles. The lowest BCUT2D eigenvalue weighted by atomic mass is 9.99. The van der Waals surface area contributed by atoms with Crippen molar-refractivity contribution in [1.29, 1.82) is 0 Å². The second-order valence-corrected chi connectivity index (χ2v) is 13.4. The van der Waals surface area contributed by atoms with Crippen LogP contribution in [-0.2, 0) is 0 Å². The average molecular weight is 683 g/mol. The fourth-order valence-electron chi connectivity index (χ4n) is 7.64. The van der Waals surface area contributed by atoms with Gasteiger partial charge in [0.1, 0.15) is 18.2 Å². The van der Waals surface area contributed by atoms with Crippen LogP contribution < -0.4 is 15.5 Å². The highest BCUT2D eigenvalue weighted by Gasteiger charge is 2.34. The minimum absolute atomic E-state index is 0.0849. The molecule has 3 heterocycles. The predicted octanol–water partition coefficient (Wildman–Crippen LogP) is 10.8. The van der Waals surface area contributed by atoms with E-state index in [0.29, 0.717) is 0 Å². The fourth-order valence-corrected chi connectivity index (χ4v) is 7.64. The second kappa shape index (κ2) is 12.9. The van der Waals surface area contributed by atoms with E-state index in [1.165, 1.54) is 27.4 Å². The Bertz CT molecular complexity index is 2650. The van der Waals surface area contributed by atoms with Crippen molar-refractivity contribution in [3.63, 3.8) is 0 Å². The molecule has 7 aromatic carbocycles. The summed E-state index contributed by atoms with van der Waals surface area (Å²) in [6.45, 7) is 0. The van der Waals surface area contributed by atoms with Crippen LogP contribution >= 0.6 is 0 Å². The van der Waals surface area contributed by atoms with Gasteiger partial charge in [-0.1, -0.05) is 152 Å². The van der Waals surface area contributed by atoms with Crippen LogP contribution in [0.2, 0.25) is 0 Å². The van der Waals surface area contributed by atoms with Crippen LogP contribution in [0.4, 0.5) is 17.1 Å². The average Bonchev–Trinajstić information content (AvgIpc) is 3.66. The summed E-state index contributed by atoms with van der Waals surface area (Å²) in [5.41, 5.74) is 9.95. The lowest BCUT2D eigenvalue weighted by molar-refractivity contribution is 0.674. The van der Waals surface area contributed by atoms with Crippen LogP contribution in [0.1, 0.15) is 34.6 Å². The molecule has 8 aromatic rings. The molecule has 0 bridgehead atoms. The zero-order valence-electron chi connectivity index (χ0n) is 28.8. The van der Waals surface area contributed by atoms with Gasteiger partial charge in [0.25, 0.3) is 0 Å². The summed E-state index contributed by atoms with van der Waals surface area (Å²) in [4.78, 5) is 16.9. The highest BCUT2D eigenvalue weighted by Crippen LogP contribution is 2.53. The number of aromatic nitrogens is 1. The summed E-state index contributed by atoms with van der Waals surface area (Å²) in [5, 5.41) is 12.2. The van der Waals surface area contributed by atoms with Gasteiger partial charge >= 0.3 is 0 Å². The molecule has 0 saturated heterocycles. The minimum Gasteiger partial charge on any atom is -0.359 e. The Balaban J connectivity index is 1.00. The summed E-state index contributed by atoms with van der Waals surface area (Å²) in [6.07, 6.45) is 3.54. The van der Waals surface area contributed by atoms with E-state index in [9.17, 15) is 0 Å². The van der Waals surface area contributed by atoms with E-state index in [4.69, 9.17) is 9.98 Å². The molecule has 0 radical (unpaired) electrons. The van der Waals surface area contributed by atoms with Gasteiger partial charge in [0, 0.05) is 40.0 Å². The molecule has 2 N–H and O–H groups in total. The van der Waals surface area contributed by atoms with Crippen LogP contribution in [0.25, 0.3) is 32.7 Å². The SMILES string of the molecule is c1ccc(C2=NC(c3ccccc3)NC(c3ccc(-c4ccc(N5c6c(c7cnccc7c7ccccc67)NC5c5ccccc5)cc4)cc3)=N2)cc1. The summed E-state index contributed by atoms with van der Waals surface area (Å²) in [6, 6.07) is 59.5. The van der Waals surface area contributed by atoms with Gasteiger partial charge < -0.3 is 15.5 Å². The predicted molar refractivity (Wildman–Crippen MR) is 218 cm³/mol. The Morgan fingerprint density at radius 2 is 1.06 bits per heavy atom. The highest BCUT2D eigenvalue weighted by atomic mass is 15.3. The topological polar surface area (TPSA) is 64.9 Å². The van der Waals surface area contributed by atoms with E-state index in [1.54, 1.807) is 0 Å². The number of nitrogens with zero attached hydrogens (tertiary/aromatic N) is 4. The van der Waals surface area contributed by atoms with Crippen LogP contribution in [0.15, 0.2) is 192 Å². The first-order valence-corrected chi connectivity index (χ1v) is 17.9. The number of hydrogen-bond acceptors (Lipinski definition) is 6. The fraction of sp³-hybridized carbons (Fsp3) is 0.0426.